The molecule has 0 unspecified atom stereocenters. The Balaban J connectivity index is 1.61. The van der Waals surface area contributed by atoms with Crippen molar-refractivity contribution >= 4 is 33.4 Å². The van der Waals surface area contributed by atoms with E-state index in [-0.39, 0.29) is 23.6 Å². The number of aromatic nitrogens is 4. The minimum absolute atomic E-state index is 0.0618. The predicted molar refractivity (Wildman–Crippen MR) is 196 cm³/mol. The van der Waals surface area contributed by atoms with E-state index in [1.165, 1.54) is 0 Å². The number of rotatable bonds is 8. The van der Waals surface area contributed by atoms with Crippen LogP contribution in [0.2, 0.25) is 5.02 Å². The second-order valence-corrected chi connectivity index (χ2v) is 14.5. The summed E-state index contributed by atoms with van der Waals surface area (Å²) >= 11 is 6.99. The van der Waals surface area contributed by atoms with Gasteiger partial charge in [-0.05, 0) is 87.9 Å². The summed E-state index contributed by atoms with van der Waals surface area (Å²) in [5, 5.41) is 19.8. The third-order valence-electron chi connectivity index (χ3n) is 10.8. The number of hydrogen-bond acceptors (Lipinski definition) is 7. The summed E-state index contributed by atoms with van der Waals surface area (Å²) in [6, 6.07) is 11.0. The summed E-state index contributed by atoms with van der Waals surface area (Å²) in [5.41, 5.74) is 7.61. The first-order valence-electron chi connectivity index (χ1n) is 17.3. The third kappa shape index (κ3) is 5.80. The van der Waals surface area contributed by atoms with Crippen LogP contribution in [0.4, 0.5) is 0 Å². The molecule has 2 aliphatic heterocycles. The van der Waals surface area contributed by atoms with Crippen molar-refractivity contribution in [3.63, 3.8) is 0 Å². The van der Waals surface area contributed by atoms with Crippen molar-refractivity contribution in [1.82, 2.24) is 29.5 Å². The molecule has 4 atom stereocenters. The van der Waals surface area contributed by atoms with E-state index in [9.17, 15) is 10.1 Å². The number of nitrogens with one attached hydrogen (secondary N) is 1. The van der Waals surface area contributed by atoms with E-state index in [0.717, 1.165) is 75.7 Å². The minimum Gasteiger partial charge on any atom is -0.475 e. The first-order chi connectivity index (χ1) is 23.6. The maximum atomic E-state index is 14.8. The fourth-order valence-electron chi connectivity index (χ4n) is 8.16. The minimum atomic E-state index is -0.128. The lowest BCUT2D eigenvalue weighted by Gasteiger charge is -2.28. The maximum absolute atomic E-state index is 14.8. The van der Waals surface area contributed by atoms with Gasteiger partial charge in [0.25, 0.3) is 0 Å². The number of likely N-dealkylation sites (N-methyl/N-ethyl adjacent to an activating group) is 1. The van der Waals surface area contributed by atoms with Gasteiger partial charge < -0.3 is 19.5 Å². The van der Waals surface area contributed by atoms with E-state index in [1.54, 1.807) is 10.9 Å². The van der Waals surface area contributed by atoms with Crippen LogP contribution >= 0.6 is 11.6 Å². The summed E-state index contributed by atoms with van der Waals surface area (Å²) in [5.74, 6) is 0.652. The Kier molecular flexibility index (Phi) is 8.99. The molecule has 0 aliphatic carbocycles. The normalized spacial score (nSPS) is 21.2. The Labute approximate surface area is 292 Å². The second kappa shape index (κ2) is 13.2. The van der Waals surface area contributed by atoms with Gasteiger partial charge in [-0.2, -0.15) is 10.4 Å². The van der Waals surface area contributed by atoms with Crippen LogP contribution in [-0.2, 0) is 13.5 Å². The number of nitrogens with zero attached hydrogens (tertiary/aromatic N) is 6. The molecule has 5 aromatic rings. The number of halogens is 1. The fourth-order valence-corrected chi connectivity index (χ4v) is 8.38. The highest BCUT2D eigenvalue weighted by Gasteiger charge is 2.34. The van der Waals surface area contributed by atoms with E-state index in [4.69, 9.17) is 21.3 Å². The van der Waals surface area contributed by atoms with Gasteiger partial charge in [-0.15, -0.1) is 0 Å². The van der Waals surface area contributed by atoms with Crippen LogP contribution < -0.4 is 15.5 Å². The van der Waals surface area contributed by atoms with Crippen molar-refractivity contribution in [2.75, 3.05) is 26.7 Å². The molecule has 2 fully saturated rings. The molecular weight excluding hydrogens is 634 g/mol. The van der Waals surface area contributed by atoms with Crippen LogP contribution in [0.1, 0.15) is 55.8 Å². The fraction of sp³-hybridized carbons (Fsp3) is 0.436. The lowest BCUT2D eigenvalue weighted by Crippen LogP contribution is -2.31. The van der Waals surface area contributed by atoms with Crippen LogP contribution in [0.15, 0.2) is 47.7 Å². The van der Waals surface area contributed by atoms with Gasteiger partial charge in [0, 0.05) is 66.6 Å². The van der Waals surface area contributed by atoms with Crippen molar-refractivity contribution in [3.05, 3.63) is 74.8 Å². The van der Waals surface area contributed by atoms with Crippen LogP contribution in [0.5, 0.6) is 5.88 Å². The van der Waals surface area contributed by atoms with Gasteiger partial charge in [-0.25, -0.2) is 4.98 Å². The lowest BCUT2D eigenvalue weighted by atomic mass is 9.88. The number of pyridine rings is 2. The quantitative estimate of drug-likeness (QED) is 0.177. The Morgan fingerprint density at radius 3 is 2.65 bits per heavy atom. The topological polar surface area (TPSA) is 101 Å². The largest absolute Gasteiger partial charge is 0.475 e. The molecule has 2 saturated heterocycles. The molecule has 5 heterocycles. The molecule has 49 heavy (non-hydrogen) atoms. The van der Waals surface area contributed by atoms with E-state index >= 15 is 0 Å². The zero-order valence-electron chi connectivity index (χ0n) is 29.2. The summed E-state index contributed by atoms with van der Waals surface area (Å²) in [6.45, 7) is 10.9. The summed E-state index contributed by atoms with van der Waals surface area (Å²) < 4.78 is 10.7. The third-order valence-corrected chi connectivity index (χ3v) is 11.3. The van der Waals surface area contributed by atoms with Gasteiger partial charge in [0.05, 0.1) is 34.4 Å². The number of ether oxygens (including phenoxy) is 1. The average molecular weight is 678 g/mol. The predicted octanol–water partition coefficient (Wildman–Crippen LogP) is 6.99. The van der Waals surface area contributed by atoms with Crippen LogP contribution in [0, 0.1) is 31.1 Å². The second-order valence-electron chi connectivity index (χ2n) is 14.1. The number of likely N-dealkylation sites (tertiary alicyclic amines) is 1. The number of benzene rings is 2. The summed E-state index contributed by atoms with van der Waals surface area (Å²) in [7, 11) is 3.99. The molecule has 2 aliphatic rings. The van der Waals surface area contributed by atoms with Crippen LogP contribution in [0.3, 0.4) is 0 Å². The summed E-state index contributed by atoms with van der Waals surface area (Å²) in [6.07, 6.45) is 8.69. The molecule has 7 rings (SSSR count). The molecule has 0 spiro atoms. The molecule has 2 aromatic carbocycles. The molecule has 0 saturated carbocycles. The highest BCUT2D eigenvalue weighted by Crippen LogP contribution is 2.43. The standard InChI is InChI=1S/C39H44ClN7O2/c1-22-10-7-13-29(34(22)40)32-24(3)35-30(16-26(32)11-8-14-41)37-33(39(44-35)49-21-28-12-9-15-45(28)5)38(48)31(27-18-43-46(6)19-27)20-47(37)36-23(2)17-42-25(36)4/h7,10,13,16,18-20,23,25,28,36,42H,8-9,11-12,15,17,21H2,1-6H3/t23-,25-,28+,36+/m1/s1. The molecular formula is C39H44ClN7O2. The molecule has 0 bridgehead atoms. The van der Waals surface area contributed by atoms with Gasteiger partial charge in [-0.3, -0.25) is 9.48 Å². The summed E-state index contributed by atoms with van der Waals surface area (Å²) in [4.78, 5) is 22.4. The number of hydrogen-bond donors (Lipinski definition) is 1. The van der Waals surface area contributed by atoms with E-state index in [0.29, 0.717) is 47.2 Å². The maximum Gasteiger partial charge on any atom is 0.227 e. The van der Waals surface area contributed by atoms with Gasteiger partial charge >= 0.3 is 0 Å². The van der Waals surface area contributed by atoms with Crippen molar-refractivity contribution < 1.29 is 4.74 Å². The molecule has 9 nitrogen and oxygen atoms in total. The molecule has 254 valence electrons. The Morgan fingerprint density at radius 1 is 1.16 bits per heavy atom. The SMILES string of the molecule is Cc1cccc(-c2c(CCC#N)cc3c(nc(OC[C@@H]4CCCN4C)c4c(=O)c(-c5cnn(C)c5)cn([C@H]5[C@H](C)CN[C@@H]5C)c43)c2C)c1Cl. The van der Waals surface area contributed by atoms with Gasteiger partial charge in [-0.1, -0.05) is 36.7 Å². The number of nitriles is 1. The van der Waals surface area contributed by atoms with Crippen molar-refractivity contribution in [2.45, 2.75) is 71.5 Å². The number of aryl methyl sites for hydroxylation is 4. The van der Waals surface area contributed by atoms with Crippen LogP contribution in [-0.4, -0.2) is 63.1 Å². The van der Waals surface area contributed by atoms with Gasteiger partial charge in [0.15, 0.2) is 0 Å². The van der Waals surface area contributed by atoms with Crippen LogP contribution in [0.25, 0.3) is 44.1 Å². The Bertz CT molecular complexity index is 2170. The Morgan fingerprint density at radius 2 is 1.98 bits per heavy atom. The number of fused-ring (bicyclic) bond motifs is 3. The molecule has 1 N–H and O–H groups in total. The Hall–Kier alpha value is -4.23. The van der Waals surface area contributed by atoms with E-state index < -0.39 is 0 Å². The van der Waals surface area contributed by atoms with E-state index in [2.05, 4.69) is 59.8 Å². The zero-order valence-corrected chi connectivity index (χ0v) is 29.9. The smallest absolute Gasteiger partial charge is 0.227 e. The van der Waals surface area contributed by atoms with Crippen molar-refractivity contribution in [1.29, 1.82) is 5.26 Å². The average Bonchev–Trinajstić information content (AvgIpc) is 3.80. The van der Waals surface area contributed by atoms with Crippen molar-refractivity contribution in [2.24, 2.45) is 13.0 Å². The zero-order chi connectivity index (χ0) is 34.6. The highest BCUT2D eigenvalue weighted by molar-refractivity contribution is 6.34. The monoisotopic (exact) mass is 677 g/mol. The van der Waals surface area contributed by atoms with Gasteiger partial charge in [0.2, 0.25) is 11.3 Å². The van der Waals surface area contributed by atoms with E-state index in [1.807, 2.05) is 44.6 Å². The first-order valence-corrected chi connectivity index (χ1v) is 17.7. The molecule has 0 radical (unpaired) electrons. The first kappa shape index (κ1) is 33.3. The lowest BCUT2D eigenvalue weighted by molar-refractivity contribution is 0.195. The van der Waals surface area contributed by atoms with Crippen molar-refractivity contribution in [3.8, 4) is 34.2 Å². The molecule has 10 heteroatoms. The molecule has 3 aromatic heterocycles. The highest BCUT2D eigenvalue weighted by atomic mass is 35.5. The molecule has 0 amide bonds. The van der Waals surface area contributed by atoms with Gasteiger partial charge in [0.1, 0.15) is 12.0 Å².